The molecule has 1 aliphatic heterocycles. The van der Waals surface area contributed by atoms with Crippen molar-refractivity contribution in [3.8, 4) is 11.6 Å². The summed E-state index contributed by atoms with van der Waals surface area (Å²) in [6, 6.07) is 13.7. The monoisotopic (exact) mass is 495 g/mol. The molecule has 182 valence electrons. The number of aromatic nitrogens is 2. The molecule has 4 rings (SSSR count). The maximum atomic E-state index is 12.8. The zero-order chi connectivity index (χ0) is 25.3. The highest BCUT2D eigenvalue weighted by Gasteiger charge is 2.34. The largest absolute Gasteiger partial charge is 0.493 e. The fourth-order valence-electron chi connectivity index (χ4n) is 4.35. The molecule has 0 aliphatic carbocycles. The van der Waals surface area contributed by atoms with Gasteiger partial charge in [-0.25, -0.2) is 14.4 Å². The number of carbonyl (C=O) groups excluding carboxylic acids is 1. The first-order chi connectivity index (χ1) is 16.7. The number of benzene rings is 2. The van der Waals surface area contributed by atoms with Gasteiger partial charge < -0.3 is 10.0 Å². The van der Waals surface area contributed by atoms with Crippen LogP contribution in [-0.4, -0.2) is 44.4 Å². The molecule has 0 fully saturated rings. The molecule has 0 saturated heterocycles. The molecule has 0 radical (unpaired) electrons. The summed E-state index contributed by atoms with van der Waals surface area (Å²) in [6.45, 7) is 7.30. The van der Waals surface area contributed by atoms with Crippen molar-refractivity contribution in [1.29, 1.82) is 0 Å². The van der Waals surface area contributed by atoms with E-state index in [0.29, 0.717) is 5.02 Å². The molecule has 0 spiro atoms. The minimum absolute atomic E-state index is 0.168. The van der Waals surface area contributed by atoms with Crippen LogP contribution in [0.25, 0.3) is 5.69 Å². The van der Waals surface area contributed by atoms with Gasteiger partial charge in [-0.3, -0.25) is 14.6 Å². The van der Waals surface area contributed by atoms with Crippen LogP contribution in [0.3, 0.4) is 0 Å². The number of anilines is 1. The van der Waals surface area contributed by atoms with Crippen molar-refractivity contribution in [3.63, 3.8) is 0 Å². The number of rotatable bonds is 6. The van der Waals surface area contributed by atoms with Crippen molar-refractivity contribution in [1.82, 2.24) is 14.6 Å². The van der Waals surface area contributed by atoms with E-state index in [0.717, 1.165) is 28.9 Å². The maximum absolute atomic E-state index is 12.8. The number of hydrogen-bond acceptors (Lipinski definition) is 6. The van der Waals surface area contributed by atoms with Gasteiger partial charge in [0.05, 0.1) is 17.4 Å². The third-order valence-electron chi connectivity index (χ3n) is 6.08. The van der Waals surface area contributed by atoms with E-state index in [4.69, 9.17) is 11.6 Å². The van der Waals surface area contributed by atoms with Crippen LogP contribution < -0.4 is 16.1 Å². The summed E-state index contributed by atoms with van der Waals surface area (Å²) >= 11 is 6.05. The Morgan fingerprint density at radius 1 is 1.17 bits per heavy atom. The second-order valence-corrected chi connectivity index (χ2v) is 8.60. The van der Waals surface area contributed by atoms with E-state index < -0.39 is 23.2 Å². The van der Waals surface area contributed by atoms with Gasteiger partial charge in [-0.05, 0) is 49.7 Å². The van der Waals surface area contributed by atoms with Crippen LogP contribution in [0.15, 0.2) is 63.2 Å². The van der Waals surface area contributed by atoms with Crippen molar-refractivity contribution in [2.24, 2.45) is 5.10 Å². The third kappa shape index (κ3) is 4.59. The topological polar surface area (TPSA) is 111 Å². The van der Waals surface area contributed by atoms with E-state index in [1.54, 1.807) is 18.2 Å². The number of aromatic amines is 1. The van der Waals surface area contributed by atoms with E-state index in [2.05, 4.69) is 28.8 Å². The molecule has 9 nitrogen and oxygen atoms in total. The zero-order valence-corrected chi connectivity index (χ0v) is 20.4. The first kappa shape index (κ1) is 24.3. The average Bonchev–Trinajstić information content (AvgIpc) is 3.25. The molecular weight excluding hydrogens is 470 g/mol. The molecule has 2 N–H and O–H groups in total. The third-order valence-corrected chi connectivity index (χ3v) is 6.32. The Labute approximate surface area is 206 Å². The quantitative estimate of drug-likeness (QED) is 0.544. The van der Waals surface area contributed by atoms with Gasteiger partial charge in [0.25, 0.3) is 5.56 Å². The summed E-state index contributed by atoms with van der Waals surface area (Å²) in [5.41, 5.74) is 0.618. The number of hydrogen-bond donors (Lipinski definition) is 2. The van der Waals surface area contributed by atoms with Crippen molar-refractivity contribution in [2.45, 2.75) is 33.2 Å². The summed E-state index contributed by atoms with van der Waals surface area (Å²) in [5.74, 6) is -0.877. The molecule has 2 aromatic carbocycles. The molecule has 2 heterocycles. The summed E-state index contributed by atoms with van der Waals surface area (Å²) in [4.78, 5) is 42.1. The number of nitrogens with one attached hydrogen (secondary N) is 1. The van der Waals surface area contributed by atoms with E-state index in [1.807, 2.05) is 24.3 Å². The smallest absolute Gasteiger partial charge is 0.335 e. The lowest BCUT2D eigenvalue weighted by Gasteiger charge is -2.23. The highest BCUT2D eigenvalue weighted by molar-refractivity contribution is 6.30. The zero-order valence-electron chi connectivity index (χ0n) is 19.7. The Bertz CT molecular complexity index is 1410. The first-order valence-electron chi connectivity index (χ1n) is 11.3. The maximum Gasteiger partial charge on any atom is 0.335 e. The number of halogens is 1. The van der Waals surface area contributed by atoms with E-state index in [-0.39, 0.29) is 29.3 Å². The Hall–Kier alpha value is -3.85. The van der Waals surface area contributed by atoms with Gasteiger partial charge in [0.15, 0.2) is 0 Å². The lowest BCUT2D eigenvalue weighted by molar-refractivity contribution is -0.130. The van der Waals surface area contributed by atoms with Crippen molar-refractivity contribution in [3.05, 3.63) is 85.5 Å². The highest BCUT2D eigenvalue weighted by Crippen LogP contribution is 2.34. The molecule has 1 amide bonds. The van der Waals surface area contributed by atoms with Crippen molar-refractivity contribution < 1.29 is 9.90 Å². The van der Waals surface area contributed by atoms with Crippen LogP contribution in [0.1, 0.15) is 44.4 Å². The second-order valence-electron chi connectivity index (χ2n) is 8.17. The van der Waals surface area contributed by atoms with Crippen molar-refractivity contribution >= 4 is 28.9 Å². The van der Waals surface area contributed by atoms with Gasteiger partial charge in [-0.1, -0.05) is 29.8 Å². The second kappa shape index (κ2) is 9.79. The average molecular weight is 496 g/mol. The summed E-state index contributed by atoms with van der Waals surface area (Å²) in [5, 5.41) is 17.0. The van der Waals surface area contributed by atoms with Crippen LogP contribution in [-0.2, 0) is 4.79 Å². The van der Waals surface area contributed by atoms with Gasteiger partial charge in [-0.15, -0.1) is 0 Å². The molecular formula is C25H26ClN5O4. The molecule has 10 heteroatoms. The number of aromatic hydroxyl groups is 1. The molecule has 1 atom stereocenters. The van der Waals surface area contributed by atoms with Crippen LogP contribution >= 0.6 is 11.6 Å². The number of H-pyrrole nitrogens is 1. The summed E-state index contributed by atoms with van der Waals surface area (Å²) in [6.07, 6.45) is 0.189. The molecule has 0 bridgehead atoms. The normalized spacial score (nSPS) is 15.3. The minimum Gasteiger partial charge on any atom is -0.493 e. The number of carbonyl (C=O) groups is 1. The van der Waals surface area contributed by atoms with E-state index in [1.165, 1.54) is 18.0 Å². The van der Waals surface area contributed by atoms with E-state index >= 15 is 0 Å². The van der Waals surface area contributed by atoms with Crippen molar-refractivity contribution in [2.75, 3.05) is 18.0 Å². The SMILES string of the molecule is CCN(CC)c1ccc([C@H]2CC(c3c(O)n(-c4cccc(Cl)c4)c(=O)[nH]c3=O)=NN2C(C)=O)cc1. The van der Waals surface area contributed by atoms with Gasteiger partial charge in [0.2, 0.25) is 11.8 Å². The number of nitrogens with zero attached hydrogens (tertiary/aromatic N) is 4. The Kier molecular flexibility index (Phi) is 6.79. The van der Waals surface area contributed by atoms with Crippen LogP contribution in [0, 0.1) is 0 Å². The van der Waals surface area contributed by atoms with Gasteiger partial charge in [0, 0.05) is 37.1 Å². The van der Waals surface area contributed by atoms with Crippen LogP contribution in [0.2, 0.25) is 5.02 Å². The van der Waals surface area contributed by atoms with Crippen LogP contribution in [0.5, 0.6) is 5.88 Å². The minimum atomic E-state index is -0.816. The molecule has 0 unspecified atom stereocenters. The van der Waals surface area contributed by atoms with E-state index in [9.17, 15) is 19.5 Å². The van der Waals surface area contributed by atoms with Crippen LogP contribution in [0.4, 0.5) is 5.69 Å². The lowest BCUT2D eigenvalue weighted by Crippen LogP contribution is -2.33. The van der Waals surface area contributed by atoms with Gasteiger partial charge >= 0.3 is 5.69 Å². The first-order valence-corrected chi connectivity index (χ1v) is 11.7. The molecule has 35 heavy (non-hydrogen) atoms. The number of amides is 1. The fourth-order valence-corrected chi connectivity index (χ4v) is 4.53. The van der Waals surface area contributed by atoms with Gasteiger partial charge in [-0.2, -0.15) is 5.10 Å². The predicted molar refractivity (Wildman–Crippen MR) is 136 cm³/mol. The predicted octanol–water partition coefficient (Wildman–Crippen LogP) is 3.43. The molecule has 0 saturated carbocycles. The lowest BCUT2D eigenvalue weighted by atomic mass is 9.98. The Morgan fingerprint density at radius 2 is 1.86 bits per heavy atom. The Morgan fingerprint density at radius 3 is 2.46 bits per heavy atom. The molecule has 1 aliphatic rings. The molecule has 3 aromatic rings. The molecule has 1 aromatic heterocycles. The highest BCUT2D eigenvalue weighted by atomic mass is 35.5. The Balaban J connectivity index is 1.76. The standard InChI is InChI=1S/C25H26ClN5O4/c1-4-29(5-2)18-11-9-16(10-12-18)21-14-20(28-31(21)15(3)32)22-23(33)27-25(35)30(24(22)34)19-8-6-7-17(26)13-19/h6-13,21,34H,4-5,14H2,1-3H3,(H,27,33,35)/t21-/m1/s1. The fraction of sp³-hybridized carbons (Fsp3) is 0.280. The summed E-state index contributed by atoms with van der Waals surface area (Å²) < 4.78 is 0.954. The number of hydrazone groups is 1. The summed E-state index contributed by atoms with van der Waals surface area (Å²) in [7, 11) is 0. The van der Waals surface area contributed by atoms with Gasteiger partial charge in [0.1, 0.15) is 5.56 Å².